The van der Waals surface area contributed by atoms with E-state index in [0.29, 0.717) is 28.2 Å². The summed E-state index contributed by atoms with van der Waals surface area (Å²) in [6, 6.07) is 33.0. The van der Waals surface area contributed by atoms with E-state index in [0.717, 1.165) is 44.9 Å². The second kappa shape index (κ2) is 17.7. The fraction of sp³-hybridized carbons (Fsp3) is 0.0750. The van der Waals surface area contributed by atoms with Crippen molar-refractivity contribution >= 4 is 60.0 Å². The third kappa shape index (κ3) is 10.8. The number of aryl methyl sites for hydroxylation is 3. The van der Waals surface area contributed by atoms with Crippen LogP contribution in [0.5, 0.6) is 0 Å². The molecular weight excluding hydrogens is 729 g/mol. The first-order valence-electron chi connectivity index (χ1n) is 15.9. The maximum Gasteiger partial charge on any atom is 1.00 e. The van der Waals surface area contributed by atoms with Gasteiger partial charge in [0.05, 0.1) is 21.2 Å². The van der Waals surface area contributed by atoms with Gasteiger partial charge in [-0.15, -0.1) is 0 Å². The van der Waals surface area contributed by atoms with Crippen LogP contribution in [0.25, 0.3) is 5.57 Å². The van der Waals surface area contributed by atoms with Gasteiger partial charge in [0.1, 0.15) is 20.2 Å². The molecule has 0 amide bonds. The molecule has 0 radical (unpaired) electrons. The third-order valence-electron chi connectivity index (χ3n) is 8.23. The Morgan fingerprint density at radius 2 is 1.02 bits per heavy atom. The number of rotatable bonds is 9. The number of benzene rings is 5. The van der Waals surface area contributed by atoms with Gasteiger partial charge in [0.15, 0.2) is 0 Å². The molecule has 1 aliphatic carbocycles. The van der Waals surface area contributed by atoms with Crippen molar-refractivity contribution in [2.24, 2.45) is 4.99 Å². The molecule has 0 atom stereocenters. The first-order valence-corrected chi connectivity index (χ1v) is 18.7. The van der Waals surface area contributed by atoms with Crippen LogP contribution in [0, 0.1) is 20.8 Å². The Kier molecular flexibility index (Phi) is 14.1. The van der Waals surface area contributed by atoms with Crippen LogP contribution in [0.4, 0.5) is 28.4 Å². The molecule has 5 aromatic rings. The van der Waals surface area contributed by atoms with E-state index in [2.05, 4.69) is 33.8 Å². The van der Waals surface area contributed by atoms with Crippen LogP contribution in [-0.4, -0.2) is 31.7 Å². The molecule has 0 fully saturated rings. The van der Waals surface area contributed by atoms with Crippen molar-refractivity contribution in [3.05, 3.63) is 167 Å². The van der Waals surface area contributed by atoms with E-state index in [1.807, 2.05) is 85.8 Å². The molecule has 0 saturated heterocycles. The second-order valence-corrected chi connectivity index (χ2v) is 14.8. The number of allylic oxidation sites excluding steroid dienone is 5. The van der Waals surface area contributed by atoms with Gasteiger partial charge in [-0.05, 0) is 145 Å². The normalized spacial score (nSPS) is 12.4. The van der Waals surface area contributed by atoms with Gasteiger partial charge in [-0.1, -0.05) is 48.6 Å². The van der Waals surface area contributed by atoms with E-state index >= 15 is 0 Å². The summed E-state index contributed by atoms with van der Waals surface area (Å²) in [5.74, 6) is 0. The summed E-state index contributed by atoms with van der Waals surface area (Å²) in [6.07, 6.45) is 7.69. The summed E-state index contributed by atoms with van der Waals surface area (Å²) in [6.45, 7) is 5.19. The zero-order valence-electron chi connectivity index (χ0n) is 29.9. The molecule has 53 heavy (non-hydrogen) atoms. The molecule has 0 unspecified atom stereocenters. The molecule has 0 spiro atoms. The van der Waals surface area contributed by atoms with Gasteiger partial charge in [0.25, 0.3) is 0 Å². The minimum absolute atomic E-state index is 0. The summed E-state index contributed by atoms with van der Waals surface area (Å²) in [7, 11) is -9.13. The topological polar surface area (TPSA) is 151 Å². The Morgan fingerprint density at radius 3 is 1.49 bits per heavy atom. The van der Waals surface area contributed by atoms with Crippen LogP contribution in [0.3, 0.4) is 0 Å². The van der Waals surface area contributed by atoms with Gasteiger partial charge in [-0.3, -0.25) is 0 Å². The molecule has 5 aromatic carbocycles. The average molecular weight is 762 g/mol. The number of anilines is 4. The first kappa shape index (κ1) is 42.2. The zero-order valence-corrected chi connectivity index (χ0v) is 35.5. The molecule has 6 rings (SSSR count). The van der Waals surface area contributed by atoms with Crippen molar-refractivity contribution < 1.29 is 85.1 Å². The molecular formula is C40H33N3Na2O6S2. The van der Waals surface area contributed by atoms with Crippen molar-refractivity contribution in [1.29, 1.82) is 0 Å². The van der Waals surface area contributed by atoms with E-state index < -0.39 is 20.2 Å². The van der Waals surface area contributed by atoms with Crippen LogP contribution >= 0.6 is 0 Å². The monoisotopic (exact) mass is 761 g/mol. The van der Waals surface area contributed by atoms with Crippen molar-refractivity contribution in [2.45, 2.75) is 30.6 Å². The minimum atomic E-state index is -4.57. The molecule has 0 aromatic heterocycles. The second-order valence-electron chi connectivity index (χ2n) is 12.1. The Morgan fingerprint density at radius 1 is 0.547 bits per heavy atom. The van der Waals surface area contributed by atoms with Crippen LogP contribution in [0.15, 0.2) is 154 Å². The van der Waals surface area contributed by atoms with Crippen molar-refractivity contribution in [2.75, 3.05) is 10.6 Å². The van der Waals surface area contributed by atoms with E-state index in [1.165, 1.54) is 18.2 Å². The van der Waals surface area contributed by atoms with Crippen molar-refractivity contribution in [3.63, 3.8) is 0 Å². The minimum Gasteiger partial charge on any atom is -0.744 e. The van der Waals surface area contributed by atoms with Crippen LogP contribution in [-0.2, 0) is 20.2 Å². The Hall–Kier alpha value is -3.59. The van der Waals surface area contributed by atoms with E-state index in [9.17, 15) is 25.9 Å². The predicted molar refractivity (Wildman–Crippen MR) is 200 cm³/mol. The van der Waals surface area contributed by atoms with E-state index in [1.54, 1.807) is 32.0 Å². The van der Waals surface area contributed by atoms with E-state index in [-0.39, 0.29) is 68.9 Å². The molecule has 0 bridgehead atoms. The van der Waals surface area contributed by atoms with Gasteiger partial charge in [-0.25, -0.2) is 21.8 Å². The number of nitrogens with one attached hydrogen (secondary N) is 2. The van der Waals surface area contributed by atoms with Crippen LogP contribution in [0.1, 0.15) is 27.8 Å². The molecule has 0 saturated carbocycles. The van der Waals surface area contributed by atoms with Crippen molar-refractivity contribution in [3.8, 4) is 0 Å². The number of hydrogen-bond donors (Lipinski definition) is 2. The maximum atomic E-state index is 11.5. The molecule has 13 heteroatoms. The Balaban J connectivity index is 0.00000314. The summed E-state index contributed by atoms with van der Waals surface area (Å²) in [5, 5.41) is 6.72. The summed E-state index contributed by atoms with van der Waals surface area (Å²) in [5.41, 5.74) is 10.2. The SMILES string of the molecule is Cc1cccc(Nc2ccc(C(=C3C=CC(=Nc4ccc(S(=O)(=O)[O-])c(C)c4)C=C3)c3ccc(Nc4ccc(S(=O)(=O)[O-])c(C)c4)cc3)cc2)c1.[Na+].[Na+]. The molecule has 2 N–H and O–H groups in total. The average Bonchev–Trinajstić information content (AvgIpc) is 3.06. The third-order valence-corrected chi connectivity index (χ3v) is 10.2. The molecule has 258 valence electrons. The standard InChI is InChI=1S/C40H35N3O6S2.2Na/c1-26-5-4-6-35(23-26)41-32-13-7-29(8-14-32)40(30-9-15-33(16-10-30)42-36-19-21-38(27(2)24-36)50(44,45)46)31-11-17-34(18-12-31)43-37-20-22-39(28(3)25-37)51(47,48)49;;/h4-25,41-42H,1-3H3,(H,44,45,46)(H,47,48,49);;/q;2*+1/p-2. The molecule has 9 nitrogen and oxygen atoms in total. The van der Waals surface area contributed by atoms with Gasteiger partial charge in [-0.2, -0.15) is 0 Å². The maximum absolute atomic E-state index is 11.5. The number of nitrogens with zero attached hydrogens (tertiary/aromatic N) is 1. The quantitative estimate of drug-likeness (QED) is 0.172. The fourth-order valence-corrected chi connectivity index (χ4v) is 7.22. The number of aliphatic imine (C=N–C) groups is 1. The van der Waals surface area contributed by atoms with Gasteiger partial charge in [0.2, 0.25) is 0 Å². The van der Waals surface area contributed by atoms with Crippen LogP contribution in [0.2, 0.25) is 0 Å². The van der Waals surface area contributed by atoms with Crippen LogP contribution < -0.4 is 69.7 Å². The van der Waals surface area contributed by atoms with Gasteiger partial charge in [0, 0.05) is 22.7 Å². The summed E-state index contributed by atoms with van der Waals surface area (Å²) >= 11 is 0. The number of hydrogen-bond acceptors (Lipinski definition) is 9. The van der Waals surface area contributed by atoms with Gasteiger partial charge >= 0.3 is 59.1 Å². The molecule has 0 aliphatic heterocycles. The Bertz CT molecular complexity index is 2480. The van der Waals surface area contributed by atoms with E-state index in [4.69, 9.17) is 0 Å². The summed E-state index contributed by atoms with van der Waals surface area (Å²) in [4.78, 5) is 4.12. The zero-order chi connectivity index (χ0) is 36.3. The predicted octanol–water partition coefficient (Wildman–Crippen LogP) is 2.62. The smallest absolute Gasteiger partial charge is 0.744 e. The largest absolute Gasteiger partial charge is 1.00 e. The molecule has 0 heterocycles. The fourth-order valence-electron chi connectivity index (χ4n) is 5.84. The van der Waals surface area contributed by atoms with Crippen molar-refractivity contribution in [1.82, 2.24) is 0 Å². The first-order chi connectivity index (χ1) is 24.2. The summed E-state index contributed by atoms with van der Waals surface area (Å²) < 4.78 is 69.0. The molecule has 1 aliphatic rings. The Labute approximate surface area is 354 Å². The van der Waals surface area contributed by atoms with Gasteiger partial charge < -0.3 is 19.7 Å².